The zero-order valence-corrected chi connectivity index (χ0v) is 29.9. The molecule has 5 atom stereocenters. The van der Waals surface area contributed by atoms with E-state index in [4.69, 9.17) is 15.2 Å². The van der Waals surface area contributed by atoms with Crippen molar-refractivity contribution in [3.63, 3.8) is 0 Å². The molecule has 1 saturated heterocycles. The van der Waals surface area contributed by atoms with Gasteiger partial charge in [0.1, 0.15) is 24.8 Å². The van der Waals surface area contributed by atoms with Crippen molar-refractivity contribution in [3.8, 4) is 0 Å². The van der Waals surface area contributed by atoms with Gasteiger partial charge < -0.3 is 46.5 Å². The third-order valence-electron chi connectivity index (χ3n) is 7.58. The SMILES string of the molecule is CC(C)(C)NC(=O)O[C@H]1C[C@@H](C(=O)NC(C)(C)C)N(C(=O)[C@@H](O)[C@H](Cc2ccccc2)NC(=O)[C@H](CC(N)=O)NC(=O)OCc2ccccc2)C1. The molecule has 0 bridgehead atoms. The van der Waals surface area contributed by atoms with Crippen LogP contribution in [0.2, 0.25) is 0 Å². The maximum Gasteiger partial charge on any atom is 0.408 e. The first-order valence-corrected chi connectivity index (χ1v) is 16.7. The Morgan fingerprint density at radius 1 is 0.843 bits per heavy atom. The molecule has 0 unspecified atom stereocenters. The zero-order valence-electron chi connectivity index (χ0n) is 29.9. The fraction of sp³-hybridized carbons (Fsp3) is 0.500. The number of nitrogens with zero attached hydrogens (tertiary/aromatic N) is 1. The van der Waals surface area contributed by atoms with Gasteiger partial charge in [0.05, 0.1) is 19.0 Å². The van der Waals surface area contributed by atoms with Gasteiger partial charge in [-0.3, -0.25) is 19.2 Å². The monoisotopic (exact) mass is 710 g/mol. The number of likely N-dealkylation sites (tertiary alicyclic amines) is 1. The lowest BCUT2D eigenvalue weighted by atomic mass is 9.99. The molecular formula is C36H50N6O9. The van der Waals surface area contributed by atoms with E-state index in [1.165, 1.54) is 0 Å². The molecule has 0 radical (unpaired) electrons. The quantitative estimate of drug-likeness (QED) is 0.178. The van der Waals surface area contributed by atoms with Crippen molar-refractivity contribution in [2.24, 2.45) is 5.73 Å². The maximum absolute atomic E-state index is 14.1. The zero-order chi connectivity index (χ0) is 37.9. The number of nitrogens with one attached hydrogen (secondary N) is 4. The maximum atomic E-state index is 14.1. The lowest BCUT2D eigenvalue weighted by Gasteiger charge is -2.32. The number of aliphatic hydroxyl groups is 1. The molecule has 0 aromatic heterocycles. The van der Waals surface area contributed by atoms with E-state index in [1.807, 2.05) is 0 Å². The Morgan fingerprint density at radius 3 is 1.96 bits per heavy atom. The standard InChI is InChI=1S/C36H50N6O9/c1-35(2,3)40-31(46)27-18-24(51-34(49)41-36(4,5)6)20-42(27)32(47)29(44)25(17-22-13-9-7-10-14-22)38-30(45)26(19-28(37)43)39-33(48)50-21-23-15-11-8-12-16-23/h7-16,24-27,29,44H,17-21H2,1-6H3,(H2,37,43)(H,38,45)(H,39,48)(H,40,46)(H,41,49)/t24-,25-,26-,27-,29-/m0/s1. The van der Waals surface area contributed by atoms with Crippen LogP contribution in [-0.2, 0) is 41.7 Å². The van der Waals surface area contributed by atoms with Crippen LogP contribution in [0.4, 0.5) is 9.59 Å². The summed E-state index contributed by atoms with van der Waals surface area (Å²) in [5.41, 5.74) is 5.44. The normalized spacial score (nSPS) is 17.7. The van der Waals surface area contributed by atoms with E-state index in [0.29, 0.717) is 11.1 Å². The molecule has 2 aromatic carbocycles. The Hall–Kier alpha value is -5.18. The minimum Gasteiger partial charge on any atom is -0.445 e. The second kappa shape index (κ2) is 17.7. The molecule has 51 heavy (non-hydrogen) atoms. The van der Waals surface area contributed by atoms with Crippen molar-refractivity contribution in [3.05, 3.63) is 71.8 Å². The van der Waals surface area contributed by atoms with Crippen LogP contribution >= 0.6 is 0 Å². The minimum absolute atomic E-state index is 0.0383. The Morgan fingerprint density at radius 2 is 1.41 bits per heavy atom. The van der Waals surface area contributed by atoms with E-state index in [-0.39, 0.29) is 26.0 Å². The number of rotatable bonds is 13. The molecule has 2 aromatic rings. The van der Waals surface area contributed by atoms with Gasteiger partial charge in [-0.05, 0) is 59.1 Å². The molecule has 15 heteroatoms. The number of alkyl carbamates (subject to hydrolysis) is 2. The summed E-state index contributed by atoms with van der Waals surface area (Å²) < 4.78 is 10.8. The van der Waals surface area contributed by atoms with Crippen molar-refractivity contribution < 1.29 is 43.3 Å². The van der Waals surface area contributed by atoms with Crippen LogP contribution < -0.4 is 27.0 Å². The molecule has 6 amide bonds. The molecule has 7 N–H and O–H groups in total. The summed E-state index contributed by atoms with van der Waals surface area (Å²) in [5.74, 6) is -3.24. The molecule has 1 fully saturated rings. The highest BCUT2D eigenvalue weighted by atomic mass is 16.6. The minimum atomic E-state index is -1.92. The van der Waals surface area contributed by atoms with Crippen molar-refractivity contribution in [2.45, 2.75) is 109 Å². The Labute approximate surface area is 298 Å². The predicted octanol–water partition coefficient (Wildman–Crippen LogP) is 1.65. The van der Waals surface area contributed by atoms with Gasteiger partial charge in [-0.25, -0.2) is 9.59 Å². The number of hydrogen-bond donors (Lipinski definition) is 6. The molecule has 0 spiro atoms. The van der Waals surface area contributed by atoms with E-state index >= 15 is 0 Å². The molecule has 278 valence electrons. The van der Waals surface area contributed by atoms with Crippen molar-refractivity contribution in [2.75, 3.05) is 6.54 Å². The van der Waals surface area contributed by atoms with E-state index in [1.54, 1.807) is 102 Å². The first kappa shape index (κ1) is 40.3. The molecule has 1 aliphatic heterocycles. The predicted molar refractivity (Wildman–Crippen MR) is 187 cm³/mol. The van der Waals surface area contributed by atoms with Crippen molar-refractivity contribution >= 4 is 35.8 Å². The highest BCUT2D eigenvalue weighted by Crippen LogP contribution is 2.24. The molecule has 15 nitrogen and oxygen atoms in total. The summed E-state index contributed by atoms with van der Waals surface area (Å²) in [5, 5.41) is 22.0. The van der Waals surface area contributed by atoms with Crippen LogP contribution in [0.3, 0.4) is 0 Å². The number of aliphatic hydroxyl groups excluding tert-OH is 1. The van der Waals surface area contributed by atoms with Crippen LogP contribution in [0, 0.1) is 0 Å². The number of primary amides is 1. The summed E-state index contributed by atoms with van der Waals surface area (Å²) in [4.78, 5) is 79.4. The largest absolute Gasteiger partial charge is 0.445 e. The van der Waals surface area contributed by atoms with E-state index in [0.717, 1.165) is 4.90 Å². The molecule has 1 aliphatic rings. The lowest BCUT2D eigenvalue weighted by molar-refractivity contribution is -0.147. The Kier molecular flexibility index (Phi) is 13.9. The highest BCUT2D eigenvalue weighted by Gasteiger charge is 2.45. The van der Waals surface area contributed by atoms with Gasteiger partial charge in [0.2, 0.25) is 17.7 Å². The van der Waals surface area contributed by atoms with Gasteiger partial charge >= 0.3 is 12.2 Å². The van der Waals surface area contributed by atoms with Gasteiger partial charge in [-0.1, -0.05) is 60.7 Å². The summed E-state index contributed by atoms with van der Waals surface area (Å²) in [6.07, 6.45) is -5.23. The number of ether oxygens (including phenoxy) is 2. The van der Waals surface area contributed by atoms with Gasteiger partial charge in [-0.15, -0.1) is 0 Å². The smallest absolute Gasteiger partial charge is 0.408 e. The van der Waals surface area contributed by atoms with E-state index in [2.05, 4.69) is 21.3 Å². The molecule has 3 rings (SSSR count). The first-order chi connectivity index (χ1) is 23.8. The topological polar surface area (TPSA) is 218 Å². The fourth-order valence-corrected chi connectivity index (χ4v) is 5.37. The van der Waals surface area contributed by atoms with Gasteiger partial charge in [0, 0.05) is 17.5 Å². The third kappa shape index (κ3) is 13.6. The van der Waals surface area contributed by atoms with Crippen LogP contribution in [0.25, 0.3) is 0 Å². The number of carbonyl (C=O) groups is 6. The Bertz CT molecular complexity index is 1530. The lowest BCUT2D eigenvalue weighted by Crippen LogP contribution is -2.59. The Balaban J connectivity index is 1.85. The molecule has 1 heterocycles. The summed E-state index contributed by atoms with van der Waals surface area (Å²) in [6.45, 7) is 10.3. The van der Waals surface area contributed by atoms with Crippen LogP contribution in [0.15, 0.2) is 60.7 Å². The second-order valence-electron chi connectivity index (χ2n) is 14.6. The van der Waals surface area contributed by atoms with Crippen LogP contribution in [0.5, 0.6) is 0 Å². The first-order valence-electron chi connectivity index (χ1n) is 16.7. The third-order valence-corrected chi connectivity index (χ3v) is 7.58. The summed E-state index contributed by atoms with van der Waals surface area (Å²) >= 11 is 0. The van der Waals surface area contributed by atoms with Gasteiger partial charge in [-0.2, -0.15) is 0 Å². The second-order valence-corrected chi connectivity index (χ2v) is 14.6. The molecular weight excluding hydrogens is 660 g/mol. The van der Waals surface area contributed by atoms with Gasteiger partial charge in [0.15, 0.2) is 6.10 Å². The van der Waals surface area contributed by atoms with E-state index in [9.17, 15) is 33.9 Å². The van der Waals surface area contributed by atoms with Crippen LogP contribution in [-0.4, -0.2) is 93.8 Å². The molecule has 0 saturated carbocycles. The number of nitrogens with two attached hydrogens (primary N) is 1. The number of amides is 6. The average Bonchev–Trinajstić information content (AvgIpc) is 3.45. The fourth-order valence-electron chi connectivity index (χ4n) is 5.37. The number of carbonyl (C=O) groups excluding carboxylic acids is 6. The van der Waals surface area contributed by atoms with E-state index < -0.39 is 83.6 Å². The van der Waals surface area contributed by atoms with Crippen molar-refractivity contribution in [1.82, 2.24) is 26.2 Å². The summed E-state index contributed by atoms with van der Waals surface area (Å²) in [7, 11) is 0. The number of benzene rings is 2. The number of hydrogen-bond acceptors (Lipinski definition) is 9. The molecule has 0 aliphatic carbocycles. The highest BCUT2D eigenvalue weighted by molar-refractivity contribution is 5.93. The summed E-state index contributed by atoms with van der Waals surface area (Å²) in [6, 6.07) is 13.6. The van der Waals surface area contributed by atoms with Gasteiger partial charge in [0.25, 0.3) is 5.91 Å². The van der Waals surface area contributed by atoms with Crippen LogP contribution in [0.1, 0.15) is 65.5 Å². The average molecular weight is 711 g/mol. The van der Waals surface area contributed by atoms with Crippen molar-refractivity contribution in [1.29, 1.82) is 0 Å².